The van der Waals surface area contributed by atoms with Gasteiger partial charge in [-0.2, -0.15) is 0 Å². The zero-order valence-electron chi connectivity index (χ0n) is 31.1. The number of carbonyl (C=O) groups excluding carboxylic acids is 6. The second kappa shape index (κ2) is 17.8. The lowest BCUT2D eigenvalue weighted by atomic mass is 10.0. The number of fused-ring (bicyclic) bond motifs is 1. The Kier molecular flexibility index (Phi) is 12.2. The van der Waals surface area contributed by atoms with Crippen LogP contribution in [0.4, 0.5) is 4.79 Å². The van der Waals surface area contributed by atoms with Gasteiger partial charge in [-0.3, -0.25) is 34.0 Å². The molecule has 2 unspecified atom stereocenters. The van der Waals surface area contributed by atoms with Crippen molar-refractivity contribution in [2.24, 2.45) is 0 Å². The van der Waals surface area contributed by atoms with E-state index >= 15 is 0 Å². The Morgan fingerprint density at radius 3 is 2.24 bits per heavy atom. The van der Waals surface area contributed by atoms with E-state index in [2.05, 4.69) is 15.6 Å². The number of aromatic hydroxyl groups is 1. The number of urea groups is 1. The molecular formula is C42H38N6O8S2. The molecular weight excluding hydrogens is 781 g/mol. The molecule has 4 aromatic rings. The van der Waals surface area contributed by atoms with Crippen molar-refractivity contribution >= 4 is 65.2 Å². The second-order valence-electron chi connectivity index (χ2n) is 13.3. The number of phenols is 1. The smallest absolute Gasteiger partial charge is 0.356 e. The number of β-lactam (4-membered cyclic amide) rings is 1. The standard InChI is InChI=1S/C42H38N6O8S2/c1-2-46-21-22-47(39(53)38(46)52)42(55)45-32(27-15-17-30(49)18-16-27)36(50)44-33-37(51)48-34(31(25-58-40(33)48)57-23-19-26-10-9-20-43-24-26)41(54)56-35(28-11-5-3-6-12-28)29-13-7-4-8-14-29/h3-20,23-24,32-33,35,40,49H,2,21-22,25H2,1H3,(H,44,50)(H,45,55)/b23-19-/t32?,33?,40-/m0/s1. The Labute approximate surface area is 342 Å². The minimum Gasteiger partial charge on any atom is -0.508 e. The van der Waals surface area contributed by atoms with Crippen LogP contribution in [0.5, 0.6) is 5.75 Å². The molecule has 6 amide bonds. The highest BCUT2D eigenvalue weighted by Gasteiger charge is 2.55. The molecule has 0 saturated carbocycles. The summed E-state index contributed by atoms with van der Waals surface area (Å²) in [6.07, 6.45) is 4.41. The molecule has 7 rings (SSSR count). The molecule has 14 nitrogen and oxygen atoms in total. The molecule has 3 aliphatic rings. The maximum absolute atomic E-state index is 14.4. The summed E-state index contributed by atoms with van der Waals surface area (Å²) >= 11 is 2.62. The van der Waals surface area contributed by atoms with E-state index in [1.165, 1.54) is 57.6 Å². The Morgan fingerprint density at radius 2 is 1.60 bits per heavy atom. The molecule has 3 N–H and O–H groups in total. The third kappa shape index (κ3) is 8.47. The minimum atomic E-state index is -1.43. The predicted octanol–water partition coefficient (Wildman–Crippen LogP) is 4.58. The van der Waals surface area contributed by atoms with Gasteiger partial charge in [0.05, 0.1) is 0 Å². The number of hydrogen-bond acceptors (Lipinski definition) is 11. The van der Waals surface area contributed by atoms with Gasteiger partial charge in [-0.1, -0.05) is 90.6 Å². The molecule has 58 heavy (non-hydrogen) atoms. The molecule has 3 atom stereocenters. The van der Waals surface area contributed by atoms with E-state index in [0.29, 0.717) is 17.2 Å². The summed E-state index contributed by atoms with van der Waals surface area (Å²) < 4.78 is 6.25. The zero-order chi connectivity index (χ0) is 40.8. The first-order valence-electron chi connectivity index (χ1n) is 18.4. The van der Waals surface area contributed by atoms with Gasteiger partial charge in [-0.05, 0) is 58.9 Å². The number of benzene rings is 3. The van der Waals surface area contributed by atoms with Crippen molar-refractivity contribution in [2.45, 2.75) is 30.5 Å². The lowest BCUT2D eigenvalue weighted by Crippen LogP contribution is -2.71. The summed E-state index contributed by atoms with van der Waals surface area (Å²) in [5.74, 6) is -3.75. The van der Waals surface area contributed by atoms with Gasteiger partial charge in [0.2, 0.25) is 5.91 Å². The first-order chi connectivity index (χ1) is 28.1. The van der Waals surface area contributed by atoms with Crippen LogP contribution in [0, 0.1) is 0 Å². The summed E-state index contributed by atoms with van der Waals surface area (Å²) in [5.41, 5.74) is 2.60. The number of carbonyl (C=O) groups is 6. The van der Waals surface area contributed by atoms with Crippen molar-refractivity contribution in [1.82, 2.24) is 30.3 Å². The summed E-state index contributed by atoms with van der Waals surface area (Å²) in [6.45, 7) is 2.06. The van der Waals surface area contributed by atoms with E-state index in [0.717, 1.165) is 21.6 Å². The highest BCUT2D eigenvalue weighted by molar-refractivity contribution is 8.08. The number of aromatic nitrogens is 1. The van der Waals surface area contributed by atoms with Gasteiger partial charge >= 0.3 is 23.8 Å². The Balaban J connectivity index is 1.14. The van der Waals surface area contributed by atoms with E-state index in [9.17, 15) is 33.9 Å². The van der Waals surface area contributed by atoms with E-state index in [4.69, 9.17) is 4.74 Å². The number of thioether (sulfide) groups is 2. The summed E-state index contributed by atoms with van der Waals surface area (Å²) in [5, 5.41) is 16.3. The van der Waals surface area contributed by atoms with Crippen molar-refractivity contribution in [1.29, 1.82) is 0 Å². The molecule has 3 aliphatic heterocycles. The number of nitrogens with one attached hydrogen (secondary N) is 2. The Hall–Kier alpha value is -6.39. The van der Waals surface area contributed by atoms with Gasteiger partial charge in [0.15, 0.2) is 6.10 Å². The molecule has 0 spiro atoms. The lowest BCUT2D eigenvalue weighted by molar-refractivity contribution is -0.154. The molecule has 4 heterocycles. The summed E-state index contributed by atoms with van der Waals surface area (Å²) in [6, 6.07) is 24.2. The summed E-state index contributed by atoms with van der Waals surface area (Å²) in [4.78, 5) is 89.5. The van der Waals surface area contributed by atoms with Crippen LogP contribution in [-0.2, 0) is 28.7 Å². The number of phenolic OH excluding ortho intramolecular Hbond substituents is 1. The maximum Gasteiger partial charge on any atom is 0.356 e. The van der Waals surface area contributed by atoms with Gasteiger partial charge in [-0.15, -0.1) is 11.8 Å². The number of piperazine rings is 1. The first-order valence-corrected chi connectivity index (χ1v) is 20.3. The summed E-state index contributed by atoms with van der Waals surface area (Å²) in [7, 11) is 0. The predicted molar refractivity (Wildman–Crippen MR) is 217 cm³/mol. The number of amides is 6. The monoisotopic (exact) mass is 818 g/mol. The van der Waals surface area contributed by atoms with Crippen LogP contribution < -0.4 is 10.6 Å². The van der Waals surface area contributed by atoms with E-state index in [1.807, 2.05) is 72.8 Å². The SMILES string of the molecule is CCN1CCN(C(=O)NC(C(=O)NC2C(=O)N3C(C(=O)OC(c4ccccc4)c4ccccc4)=C(S/C=C\c4cccnc4)CS[C@@H]23)c2ccc(O)cc2)C(=O)C1=O. The van der Waals surface area contributed by atoms with Crippen LogP contribution in [0.3, 0.4) is 0 Å². The van der Waals surface area contributed by atoms with Crippen molar-refractivity contribution in [3.63, 3.8) is 0 Å². The average molecular weight is 819 g/mol. The quantitative estimate of drug-likeness (QED) is 0.104. The molecule has 0 radical (unpaired) electrons. The van der Waals surface area contributed by atoms with Crippen LogP contribution in [0.15, 0.2) is 125 Å². The number of hydrogen-bond donors (Lipinski definition) is 3. The van der Waals surface area contributed by atoms with Crippen LogP contribution >= 0.6 is 23.5 Å². The molecule has 0 aliphatic carbocycles. The fourth-order valence-corrected chi connectivity index (χ4v) is 9.02. The van der Waals surface area contributed by atoms with E-state index in [1.54, 1.807) is 30.8 Å². The highest BCUT2D eigenvalue weighted by atomic mass is 32.2. The molecule has 0 bridgehead atoms. The number of esters is 1. The third-order valence-corrected chi connectivity index (χ3v) is 12.1. The van der Waals surface area contributed by atoms with Crippen LogP contribution in [0.25, 0.3) is 6.08 Å². The normalized spacial score (nSPS) is 18.5. The fourth-order valence-electron chi connectivity index (χ4n) is 6.66. The Bertz CT molecular complexity index is 2220. The molecule has 1 aromatic heterocycles. The zero-order valence-corrected chi connectivity index (χ0v) is 32.7. The molecule has 296 valence electrons. The average Bonchev–Trinajstić information content (AvgIpc) is 3.25. The van der Waals surface area contributed by atoms with Gasteiger partial charge < -0.3 is 25.4 Å². The van der Waals surface area contributed by atoms with Crippen molar-refractivity contribution in [3.05, 3.63) is 148 Å². The molecule has 2 fully saturated rings. The van der Waals surface area contributed by atoms with Gasteiger partial charge in [0.1, 0.15) is 28.9 Å². The van der Waals surface area contributed by atoms with Gasteiger partial charge in [0.25, 0.3) is 5.91 Å². The number of likely N-dealkylation sites (N-methyl/N-ethyl adjacent to an activating group) is 1. The fraction of sp³-hybridized carbons (Fsp3) is 0.214. The van der Waals surface area contributed by atoms with Crippen molar-refractivity contribution in [3.8, 4) is 5.75 Å². The van der Waals surface area contributed by atoms with Crippen LogP contribution in [0.1, 0.15) is 41.3 Å². The number of imide groups is 1. The van der Waals surface area contributed by atoms with Gasteiger partial charge in [-0.25, -0.2) is 9.59 Å². The van der Waals surface area contributed by atoms with Crippen molar-refractivity contribution in [2.75, 3.05) is 25.4 Å². The number of nitrogens with zero attached hydrogens (tertiary/aromatic N) is 4. The topological polar surface area (TPSA) is 179 Å². The van der Waals surface area contributed by atoms with E-state index in [-0.39, 0.29) is 30.1 Å². The second-order valence-corrected chi connectivity index (χ2v) is 15.4. The molecule has 16 heteroatoms. The van der Waals surface area contributed by atoms with E-state index < -0.39 is 59.2 Å². The number of pyridine rings is 1. The molecule has 2 saturated heterocycles. The third-order valence-electron chi connectivity index (χ3n) is 9.70. The first kappa shape index (κ1) is 39.8. The highest BCUT2D eigenvalue weighted by Crippen LogP contribution is 2.45. The van der Waals surface area contributed by atoms with Crippen LogP contribution in [0.2, 0.25) is 0 Å². The largest absolute Gasteiger partial charge is 0.508 e. The van der Waals surface area contributed by atoms with Crippen LogP contribution in [-0.4, -0.2) is 97.2 Å². The Morgan fingerprint density at radius 1 is 0.914 bits per heavy atom. The van der Waals surface area contributed by atoms with Crippen molar-refractivity contribution < 1.29 is 38.6 Å². The number of ether oxygens (including phenoxy) is 1. The lowest BCUT2D eigenvalue weighted by Gasteiger charge is -2.49. The number of rotatable bonds is 12. The minimum absolute atomic E-state index is 0.0507. The maximum atomic E-state index is 14.4. The van der Waals surface area contributed by atoms with Gasteiger partial charge in [0, 0.05) is 42.7 Å². The molecule has 3 aromatic carbocycles.